The van der Waals surface area contributed by atoms with Crippen molar-refractivity contribution < 1.29 is 15.0 Å². The summed E-state index contributed by atoms with van der Waals surface area (Å²) >= 11 is 0. The molecule has 450 valence electrons. The highest BCUT2D eigenvalue weighted by Crippen LogP contribution is 2.15. The van der Waals surface area contributed by atoms with Gasteiger partial charge in [0, 0.05) is 6.42 Å². The molecule has 0 bridgehead atoms. The number of aliphatic hydroxyl groups is 2. The molecule has 2 atom stereocenters. The quantitative estimate of drug-likeness (QED) is 0.0420. The highest BCUT2D eigenvalue weighted by molar-refractivity contribution is 5.76. The normalized spacial score (nSPS) is 14.0. The highest BCUT2D eigenvalue weighted by atomic mass is 16.3. The second-order valence-corrected chi connectivity index (χ2v) is 21.4. The molecular formula is C76H123NO3. The van der Waals surface area contributed by atoms with Gasteiger partial charge in [0.25, 0.3) is 0 Å². The molecule has 80 heavy (non-hydrogen) atoms. The number of unbranched alkanes of at least 4 members (excludes halogenated alkanes) is 23. The second-order valence-electron chi connectivity index (χ2n) is 21.4. The van der Waals surface area contributed by atoms with E-state index in [0.29, 0.717) is 6.42 Å². The zero-order chi connectivity index (χ0) is 57.6. The van der Waals surface area contributed by atoms with Gasteiger partial charge >= 0.3 is 0 Å². The van der Waals surface area contributed by atoms with Gasteiger partial charge in [0.1, 0.15) is 0 Å². The standard InChI is InChI=1S/C76H123NO3/c1-3-5-7-9-11-13-15-17-19-21-23-25-27-29-31-33-34-35-36-37-38-39-40-41-42-44-46-48-50-52-54-56-58-60-62-64-66-68-70-72-76(80)77-74(73-78)75(79)71-69-67-65-63-61-59-57-55-53-51-49-47-45-43-32-30-28-26-24-22-20-18-16-14-12-10-8-6-4-2/h5,7,11,13,17,19,23,25,29,31,34-35,37-38,40-41,44,46,50,52-53,55-56,58,61-64,69,71,74-75,78-79H,3-4,6,8-10,12,14-16,18,20-22,24,26-28,30,32-33,36,39,42-43,45,47-49,51,54,57,59-60,65-68,70,72-73H2,1-2H3,(H,77,80)/b7-5-,13-11-,19-17-,25-23-,31-29-,35-34-,38-37-,41-40-,46-44-,52-50-,55-53+,58-56-,63-61+,64-62-,71-69+. The van der Waals surface area contributed by atoms with Gasteiger partial charge in [0.15, 0.2) is 0 Å². The molecule has 3 N–H and O–H groups in total. The van der Waals surface area contributed by atoms with Gasteiger partial charge in [0.2, 0.25) is 5.91 Å². The number of amides is 1. The average molecular weight is 1100 g/mol. The van der Waals surface area contributed by atoms with Crippen molar-refractivity contribution in [1.82, 2.24) is 5.32 Å². The monoisotopic (exact) mass is 1100 g/mol. The van der Waals surface area contributed by atoms with Crippen LogP contribution in [0.1, 0.15) is 271 Å². The fourth-order valence-electron chi connectivity index (χ4n) is 8.90. The molecule has 0 radical (unpaired) electrons. The van der Waals surface area contributed by atoms with E-state index in [1.165, 1.54) is 128 Å². The predicted molar refractivity (Wildman–Crippen MR) is 358 cm³/mol. The van der Waals surface area contributed by atoms with Crippen LogP contribution >= 0.6 is 0 Å². The predicted octanol–water partition coefficient (Wildman–Crippen LogP) is 22.8. The number of nitrogens with one attached hydrogen (secondary N) is 1. The third-order valence-electron chi connectivity index (χ3n) is 13.9. The molecule has 4 nitrogen and oxygen atoms in total. The number of aliphatic hydroxyl groups excluding tert-OH is 2. The third-order valence-corrected chi connectivity index (χ3v) is 13.9. The second kappa shape index (κ2) is 68.8. The lowest BCUT2D eigenvalue weighted by atomic mass is 10.0. The topological polar surface area (TPSA) is 69.6 Å². The highest BCUT2D eigenvalue weighted by Gasteiger charge is 2.17. The molecule has 0 saturated carbocycles. The summed E-state index contributed by atoms with van der Waals surface area (Å²) < 4.78 is 0. The van der Waals surface area contributed by atoms with Gasteiger partial charge in [-0.25, -0.2) is 0 Å². The largest absolute Gasteiger partial charge is 0.394 e. The molecule has 0 aromatic carbocycles. The molecule has 0 heterocycles. The number of allylic oxidation sites excluding steroid dienone is 29. The first-order chi connectivity index (χ1) is 39.7. The summed E-state index contributed by atoms with van der Waals surface area (Å²) in [6.07, 6.45) is 112. The molecule has 4 heteroatoms. The smallest absolute Gasteiger partial charge is 0.220 e. The van der Waals surface area contributed by atoms with Crippen LogP contribution in [-0.2, 0) is 4.79 Å². The van der Waals surface area contributed by atoms with Crippen LogP contribution in [0.4, 0.5) is 0 Å². The van der Waals surface area contributed by atoms with Crippen LogP contribution in [0.2, 0.25) is 0 Å². The first-order valence-electron chi connectivity index (χ1n) is 33.0. The minimum absolute atomic E-state index is 0.126. The van der Waals surface area contributed by atoms with Crippen LogP contribution in [0.25, 0.3) is 0 Å². The maximum absolute atomic E-state index is 12.5. The van der Waals surface area contributed by atoms with Gasteiger partial charge in [0.05, 0.1) is 18.8 Å². The molecule has 0 rings (SSSR count). The Bertz CT molecular complexity index is 1770. The summed E-state index contributed by atoms with van der Waals surface area (Å²) in [6, 6.07) is -0.685. The molecule has 0 aliphatic rings. The van der Waals surface area contributed by atoms with E-state index in [4.69, 9.17) is 0 Å². The Morgan fingerprint density at radius 1 is 0.312 bits per heavy atom. The maximum Gasteiger partial charge on any atom is 0.220 e. The Kier molecular flexibility index (Phi) is 64.9. The van der Waals surface area contributed by atoms with Crippen molar-refractivity contribution >= 4 is 5.91 Å². The molecule has 2 unspecified atom stereocenters. The Morgan fingerprint density at radius 2 is 0.562 bits per heavy atom. The molecule has 1 amide bonds. The molecule has 0 spiro atoms. The van der Waals surface area contributed by atoms with Crippen molar-refractivity contribution in [3.63, 3.8) is 0 Å². The van der Waals surface area contributed by atoms with Crippen molar-refractivity contribution in [3.8, 4) is 0 Å². The van der Waals surface area contributed by atoms with Crippen molar-refractivity contribution in [2.45, 2.75) is 283 Å². The molecule has 0 saturated heterocycles. The van der Waals surface area contributed by atoms with Crippen LogP contribution in [0.15, 0.2) is 182 Å². The molecular weight excluding hydrogens is 975 g/mol. The van der Waals surface area contributed by atoms with E-state index in [1.807, 2.05) is 6.08 Å². The van der Waals surface area contributed by atoms with E-state index >= 15 is 0 Å². The Labute approximate surface area is 495 Å². The zero-order valence-electron chi connectivity index (χ0n) is 51.8. The molecule has 0 aliphatic carbocycles. The lowest BCUT2D eigenvalue weighted by molar-refractivity contribution is -0.123. The minimum Gasteiger partial charge on any atom is -0.394 e. The molecule has 0 fully saturated rings. The number of hydrogen-bond donors (Lipinski definition) is 3. The molecule has 0 aliphatic heterocycles. The van der Waals surface area contributed by atoms with E-state index in [9.17, 15) is 15.0 Å². The number of hydrogen-bond acceptors (Lipinski definition) is 3. The van der Waals surface area contributed by atoms with Gasteiger partial charge in [-0.2, -0.15) is 0 Å². The Hall–Kier alpha value is -4.51. The first-order valence-corrected chi connectivity index (χ1v) is 33.0. The number of rotatable bonds is 58. The number of carbonyl (C=O) groups is 1. The van der Waals surface area contributed by atoms with Gasteiger partial charge in [-0.05, 0) is 135 Å². The Morgan fingerprint density at radius 3 is 0.875 bits per heavy atom. The fourth-order valence-corrected chi connectivity index (χ4v) is 8.90. The minimum atomic E-state index is -0.905. The SMILES string of the molecule is CC/C=C\C/C=C\C/C=C\C/C=C\C/C=C\C/C=C\C/C=C\C/C=C\C/C=C\C/C=C\C/C=C\C/C=C\CCCCC(=O)NC(CO)C(O)/C=C/CC/C=C/CC/C=C/CCCCCCCCCCCCCCCCCCCCC. The Balaban J connectivity index is 3.73. The van der Waals surface area contributed by atoms with E-state index in [2.05, 4.69) is 189 Å². The van der Waals surface area contributed by atoms with Crippen molar-refractivity contribution in [3.05, 3.63) is 182 Å². The number of carbonyl (C=O) groups excluding carboxylic acids is 1. The van der Waals surface area contributed by atoms with Crippen LogP contribution in [0.3, 0.4) is 0 Å². The van der Waals surface area contributed by atoms with Crippen LogP contribution < -0.4 is 5.32 Å². The lowest BCUT2D eigenvalue weighted by Gasteiger charge is -2.19. The maximum atomic E-state index is 12.5. The zero-order valence-corrected chi connectivity index (χ0v) is 51.8. The average Bonchev–Trinajstić information content (AvgIpc) is 3.46. The van der Waals surface area contributed by atoms with Crippen molar-refractivity contribution in [1.29, 1.82) is 0 Å². The van der Waals surface area contributed by atoms with E-state index in [0.717, 1.165) is 122 Å². The van der Waals surface area contributed by atoms with Gasteiger partial charge < -0.3 is 15.5 Å². The summed E-state index contributed by atoms with van der Waals surface area (Å²) in [6.45, 7) is 4.17. The van der Waals surface area contributed by atoms with Crippen LogP contribution in [0.5, 0.6) is 0 Å². The van der Waals surface area contributed by atoms with E-state index in [1.54, 1.807) is 6.08 Å². The van der Waals surface area contributed by atoms with Crippen LogP contribution in [-0.4, -0.2) is 34.9 Å². The van der Waals surface area contributed by atoms with Crippen molar-refractivity contribution in [2.75, 3.05) is 6.61 Å². The van der Waals surface area contributed by atoms with Gasteiger partial charge in [-0.15, -0.1) is 0 Å². The van der Waals surface area contributed by atoms with Gasteiger partial charge in [-0.1, -0.05) is 312 Å². The molecule has 0 aromatic rings. The third kappa shape index (κ3) is 64.3. The summed E-state index contributed by atoms with van der Waals surface area (Å²) in [5.41, 5.74) is 0. The lowest BCUT2D eigenvalue weighted by Crippen LogP contribution is -2.45. The van der Waals surface area contributed by atoms with E-state index < -0.39 is 12.1 Å². The summed E-state index contributed by atoms with van der Waals surface area (Å²) in [5, 5.41) is 23.2. The first kappa shape index (κ1) is 75.5. The van der Waals surface area contributed by atoms with Crippen LogP contribution in [0, 0.1) is 0 Å². The summed E-state index contributed by atoms with van der Waals surface area (Å²) in [7, 11) is 0. The summed E-state index contributed by atoms with van der Waals surface area (Å²) in [5.74, 6) is -0.126. The van der Waals surface area contributed by atoms with E-state index in [-0.39, 0.29) is 12.5 Å². The fraction of sp³-hybridized carbons (Fsp3) is 0.592. The van der Waals surface area contributed by atoms with Gasteiger partial charge in [-0.3, -0.25) is 4.79 Å². The molecule has 0 aromatic heterocycles. The van der Waals surface area contributed by atoms with Crippen molar-refractivity contribution in [2.24, 2.45) is 0 Å². The summed E-state index contributed by atoms with van der Waals surface area (Å²) in [4.78, 5) is 12.5.